The molecule has 0 aliphatic heterocycles. The van der Waals surface area contributed by atoms with Crippen LogP contribution in [0, 0.1) is 0 Å². The molecule has 2 aromatic heterocycles. The third-order valence-electron chi connectivity index (χ3n) is 6.11. The summed E-state index contributed by atoms with van der Waals surface area (Å²) in [6.07, 6.45) is -0.526. The predicted octanol–water partition coefficient (Wildman–Crippen LogP) is 5.19. The second kappa shape index (κ2) is 9.13. The smallest absolute Gasteiger partial charge is 0.434 e. The molecule has 2 heterocycles. The maximum absolute atomic E-state index is 13.2. The van der Waals surface area contributed by atoms with Gasteiger partial charge in [0.25, 0.3) is 5.91 Å². The van der Waals surface area contributed by atoms with E-state index in [1.165, 1.54) is 10.5 Å². The fourth-order valence-corrected chi connectivity index (χ4v) is 4.57. The Labute approximate surface area is 194 Å². The number of carbonyl (C=O) groups is 1. The zero-order valence-corrected chi connectivity index (χ0v) is 19.0. The molecule has 3 aromatic rings. The first-order valence-electron chi connectivity index (χ1n) is 10.6. The number of rotatable bonds is 5. The first-order chi connectivity index (χ1) is 15.7. The SMILES string of the molecule is COc1ccc(C(=O)N[C@H]2CC[C@@H](N(C)c3c(Cl)ccc4nc(C(F)(F)F)cn34)CC2)cc1. The van der Waals surface area contributed by atoms with Gasteiger partial charge in [0.05, 0.1) is 12.1 Å². The number of hydrogen-bond donors (Lipinski definition) is 1. The number of ether oxygens (including phenoxy) is 1. The van der Waals surface area contributed by atoms with Crippen molar-refractivity contribution in [3.8, 4) is 5.75 Å². The van der Waals surface area contributed by atoms with Gasteiger partial charge in [-0.05, 0) is 62.1 Å². The number of anilines is 1. The van der Waals surface area contributed by atoms with Crippen molar-refractivity contribution < 1.29 is 22.7 Å². The minimum Gasteiger partial charge on any atom is -0.497 e. The zero-order valence-electron chi connectivity index (χ0n) is 18.2. The number of nitrogens with zero attached hydrogens (tertiary/aromatic N) is 3. The molecule has 1 aliphatic carbocycles. The average Bonchev–Trinajstić information content (AvgIpc) is 3.24. The summed E-state index contributed by atoms with van der Waals surface area (Å²) >= 11 is 6.39. The molecule has 1 aliphatic rings. The summed E-state index contributed by atoms with van der Waals surface area (Å²) in [5, 5.41) is 3.42. The van der Waals surface area contributed by atoms with Gasteiger partial charge in [-0.3, -0.25) is 9.20 Å². The van der Waals surface area contributed by atoms with Gasteiger partial charge in [0.1, 0.15) is 17.2 Å². The van der Waals surface area contributed by atoms with Crippen LogP contribution in [0.5, 0.6) is 5.75 Å². The largest absolute Gasteiger partial charge is 0.497 e. The van der Waals surface area contributed by atoms with Crippen molar-refractivity contribution in [3.05, 3.63) is 58.9 Å². The summed E-state index contributed by atoms with van der Waals surface area (Å²) in [6.45, 7) is 0. The molecule has 33 heavy (non-hydrogen) atoms. The van der Waals surface area contributed by atoms with Crippen molar-refractivity contribution in [3.63, 3.8) is 0 Å². The maximum Gasteiger partial charge on any atom is 0.434 e. The van der Waals surface area contributed by atoms with Crippen molar-refractivity contribution >= 4 is 29.0 Å². The van der Waals surface area contributed by atoms with E-state index < -0.39 is 11.9 Å². The first kappa shape index (κ1) is 23.2. The Balaban J connectivity index is 1.43. The van der Waals surface area contributed by atoms with Crippen molar-refractivity contribution in [2.75, 3.05) is 19.1 Å². The van der Waals surface area contributed by atoms with Crippen LogP contribution in [0.1, 0.15) is 41.7 Å². The van der Waals surface area contributed by atoms with E-state index in [2.05, 4.69) is 10.3 Å². The molecule has 0 saturated heterocycles. The lowest BCUT2D eigenvalue weighted by molar-refractivity contribution is -0.140. The minimum atomic E-state index is -4.53. The predicted molar refractivity (Wildman–Crippen MR) is 120 cm³/mol. The average molecular weight is 481 g/mol. The van der Waals surface area contributed by atoms with E-state index in [1.807, 2.05) is 11.9 Å². The van der Waals surface area contributed by atoms with Gasteiger partial charge in [-0.15, -0.1) is 0 Å². The van der Waals surface area contributed by atoms with Crippen LogP contribution in [0.3, 0.4) is 0 Å². The van der Waals surface area contributed by atoms with Crippen LogP contribution in [-0.4, -0.2) is 41.5 Å². The number of pyridine rings is 1. The number of nitrogens with one attached hydrogen (secondary N) is 1. The molecule has 6 nitrogen and oxygen atoms in total. The van der Waals surface area contributed by atoms with Crippen molar-refractivity contribution in [2.45, 2.75) is 43.9 Å². The fraction of sp³-hybridized carbons (Fsp3) is 0.391. The van der Waals surface area contributed by atoms with E-state index in [0.29, 0.717) is 22.2 Å². The maximum atomic E-state index is 13.2. The monoisotopic (exact) mass is 480 g/mol. The van der Waals surface area contributed by atoms with E-state index in [9.17, 15) is 18.0 Å². The van der Waals surface area contributed by atoms with E-state index in [4.69, 9.17) is 16.3 Å². The van der Waals surface area contributed by atoms with Crippen LogP contribution in [0.4, 0.5) is 19.0 Å². The summed E-state index contributed by atoms with van der Waals surface area (Å²) in [6, 6.07) is 10.1. The fourth-order valence-electron chi connectivity index (χ4n) is 4.29. The Morgan fingerprint density at radius 3 is 2.42 bits per heavy atom. The quantitative estimate of drug-likeness (QED) is 0.546. The van der Waals surface area contributed by atoms with Gasteiger partial charge in [0.15, 0.2) is 5.69 Å². The third kappa shape index (κ3) is 4.88. The summed E-state index contributed by atoms with van der Waals surface area (Å²) in [5.41, 5.74) is -0.201. The Morgan fingerprint density at radius 2 is 1.82 bits per heavy atom. The highest BCUT2D eigenvalue weighted by Crippen LogP contribution is 2.35. The van der Waals surface area contributed by atoms with E-state index in [1.54, 1.807) is 37.4 Å². The Bertz CT molecular complexity index is 1140. The standard InChI is InChI=1S/C23H24ClF3N4O2/c1-30(22-18(24)11-12-20-29-19(13-31(20)22)23(25,26)27)16-7-5-15(6-8-16)28-21(32)14-3-9-17(33-2)10-4-14/h3-4,9-13,15-16H,5-8H2,1-2H3,(H,28,32)/t15-,16+. The van der Waals surface area contributed by atoms with Crippen LogP contribution in [0.25, 0.3) is 5.65 Å². The second-order valence-electron chi connectivity index (χ2n) is 8.18. The lowest BCUT2D eigenvalue weighted by Crippen LogP contribution is -2.43. The van der Waals surface area contributed by atoms with Gasteiger partial charge in [-0.1, -0.05) is 11.6 Å². The lowest BCUT2D eigenvalue weighted by atomic mass is 9.90. The zero-order chi connectivity index (χ0) is 23.8. The number of fused-ring (bicyclic) bond motifs is 1. The second-order valence-corrected chi connectivity index (χ2v) is 8.58. The van der Waals surface area contributed by atoms with Crippen LogP contribution < -0.4 is 15.0 Å². The molecule has 1 fully saturated rings. The topological polar surface area (TPSA) is 58.9 Å². The summed E-state index contributed by atoms with van der Waals surface area (Å²) < 4.78 is 46.0. The molecule has 0 unspecified atom stereocenters. The van der Waals surface area contributed by atoms with E-state index in [-0.39, 0.29) is 23.6 Å². The Hall–Kier alpha value is -2.94. The van der Waals surface area contributed by atoms with Crippen LogP contribution >= 0.6 is 11.6 Å². The summed E-state index contributed by atoms with van der Waals surface area (Å²) in [5.74, 6) is 1.02. The first-order valence-corrected chi connectivity index (χ1v) is 11.0. The molecule has 176 valence electrons. The lowest BCUT2D eigenvalue weighted by Gasteiger charge is -2.36. The van der Waals surface area contributed by atoms with Crippen molar-refractivity contribution in [1.82, 2.24) is 14.7 Å². The highest BCUT2D eigenvalue weighted by Gasteiger charge is 2.35. The number of amides is 1. The molecule has 0 atom stereocenters. The van der Waals surface area contributed by atoms with Gasteiger partial charge in [-0.25, -0.2) is 4.98 Å². The highest BCUT2D eigenvalue weighted by molar-refractivity contribution is 6.33. The third-order valence-corrected chi connectivity index (χ3v) is 6.41. The Kier molecular flexibility index (Phi) is 6.43. The number of benzene rings is 1. The number of carbonyl (C=O) groups excluding carboxylic acids is 1. The summed E-state index contributed by atoms with van der Waals surface area (Å²) in [7, 11) is 3.40. The van der Waals surface area contributed by atoms with Crippen LogP contribution in [0.15, 0.2) is 42.6 Å². The molecular formula is C23H24ClF3N4O2. The number of aromatic nitrogens is 2. The number of hydrogen-bond acceptors (Lipinski definition) is 4. The molecule has 0 spiro atoms. The molecule has 1 saturated carbocycles. The number of methoxy groups -OCH3 is 1. The normalized spacial score (nSPS) is 18.8. The molecule has 1 N–H and O–H groups in total. The minimum absolute atomic E-state index is 0.0283. The number of alkyl halides is 3. The van der Waals surface area contributed by atoms with E-state index >= 15 is 0 Å². The van der Waals surface area contributed by atoms with Crippen molar-refractivity contribution in [2.24, 2.45) is 0 Å². The molecular weight excluding hydrogens is 457 g/mol. The molecule has 1 aromatic carbocycles. The van der Waals surface area contributed by atoms with Crippen LogP contribution in [0.2, 0.25) is 5.02 Å². The molecule has 0 bridgehead atoms. The Morgan fingerprint density at radius 1 is 1.15 bits per heavy atom. The molecule has 10 heteroatoms. The number of halogens is 4. The van der Waals surface area contributed by atoms with E-state index in [0.717, 1.165) is 31.9 Å². The van der Waals surface area contributed by atoms with Gasteiger partial charge < -0.3 is 15.0 Å². The molecule has 4 rings (SSSR count). The summed E-state index contributed by atoms with van der Waals surface area (Å²) in [4.78, 5) is 18.2. The molecule has 1 amide bonds. The molecule has 0 radical (unpaired) electrons. The highest BCUT2D eigenvalue weighted by atomic mass is 35.5. The van der Waals surface area contributed by atoms with Gasteiger partial charge in [0, 0.05) is 30.9 Å². The van der Waals surface area contributed by atoms with Gasteiger partial charge >= 0.3 is 6.18 Å². The van der Waals surface area contributed by atoms with Crippen LogP contribution in [-0.2, 0) is 6.18 Å². The van der Waals surface area contributed by atoms with Gasteiger partial charge in [-0.2, -0.15) is 13.2 Å². The number of imidazole rings is 1. The van der Waals surface area contributed by atoms with Crippen molar-refractivity contribution in [1.29, 1.82) is 0 Å². The van der Waals surface area contributed by atoms with Gasteiger partial charge in [0.2, 0.25) is 0 Å².